The van der Waals surface area contributed by atoms with E-state index in [9.17, 15) is 35.6 Å². The van der Waals surface area contributed by atoms with Crippen molar-refractivity contribution in [1.82, 2.24) is 29.4 Å². The Bertz CT molecular complexity index is 1540. The third-order valence-electron chi connectivity index (χ3n) is 7.93. The maximum atomic E-state index is 12.7. The molecule has 2 aromatic heterocycles. The Morgan fingerprint density at radius 3 is 1.60 bits per heavy atom. The minimum Gasteiger partial charge on any atom is -0.444 e. The lowest BCUT2D eigenvalue weighted by Gasteiger charge is -2.33. The first-order valence-electron chi connectivity index (χ1n) is 16.5. The molecule has 2 fully saturated rings. The molecule has 12 nitrogen and oxygen atoms in total. The molecule has 2 amide bonds. The van der Waals surface area contributed by atoms with Gasteiger partial charge in [-0.25, -0.2) is 35.6 Å². The molecule has 4 rings (SSSR count). The smallest absolute Gasteiger partial charge is 0.410 e. The number of thioether (sulfide) groups is 1. The largest absolute Gasteiger partial charge is 0.444 e. The lowest BCUT2D eigenvalue weighted by molar-refractivity contribution is 0.0180. The van der Waals surface area contributed by atoms with E-state index in [4.69, 9.17) is 9.47 Å². The van der Waals surface area contributed by atoms with Crippen LogP contribution in [0.5, 0.6) is 0 Å². The van der Waals surface area contributed by atoms with Gasteiger partial charge < -0.3 is 19.3 Å². The Labute approximate surface area is 296 Å². The van der Waals surface area contributed by atoms with Gasteiger partial charge in [0.1, 0.15) is 22.6 Å². The van der Waals surface area contributed by atoms with Gasteiger partial charge in [0.15, 0.2) is 14.9 Å². The number of sulfone groups is 1. The van der Waals surface area contributed by atoms with Gasteiger partial charge in [-0.3, -0.25) is 9.36 Å². The maximum Gasteiger partial charge on any atom is 0.410 e. The van der Waals surface area contributed by atoms with Gasteiger partial charge in [-0.1, -0.05) is 0 Å². The summed E-state index contributed by atoms with van der Waals surface area (Å²) in [6.45, 7) is 13.1. The number of piperidine rings is 2. The number of hydrogen-bond acceptors (Lipinski definition) is 9. The van der Waals surface area contributed by atoms with Gasteiger partial charge >= 0.3 is 12.2 Å². The van der Waals surface area contributed by atoms with Crippen LogP contribution in [0.4, 0.5) is 27.2 Å². The summed E-state index contributed by atoms with van der Waals surface area (Å²) in [7, 11) is -0.720. The highest BCUT2D eigenvalue weighted by Crippen LogP contribution is 2.30. The summed E-state index contributed by atoms with van der Waals surface area (Å²) in [5.41, 5.74) is -1.80. The number of halogens is 4. The Kier molecular flexibility index (Phi) is 14.1. The standard InChI is InChI=1S/C16H25F2N3O4S.C16H25F2N3O2S/c1-16(2,3)25-15(22)21-7-5-11(6-8-21)10-26(23,24)13-9-12(14(17)18)19-20(13)4;1-16(2,3)23-15(22)21-7-5-11(6-8-21)10-24-13-9-12(14(17)18)19-20(13)4/h9,11,14H,5-8,10H2,1-4H3;9,11,14H,5-8,10H2,1-4H3. The molecule has 0 atom stereocenters. The van der Waals surface area contributed by atoms with Crippen LogP contribution >= 0.6 is 11.8 Å². The van der Waals surface area contributed by atoms with E-state index >= 15 is 0 Å². The summed E-state index contributed by atoms with van der Waals surface area (Å²) in [5.74, 6) is 0.990. The van der Waals surface area contributed by atoms with Crippen molar-refractivity contribution < 1.29 is 45.0 Å². The molecule has 0 N–H and O–H groups in total. The summed E-state index contributed by atoms with van der Waals surface area (Å²) in [5, 5.41) is 7.92. The number of hydrogen-bond donors (Lipinski definition) is 0. The fraction of sp³-hybridized carbons (Fsp3) is 0.750. The van der Waals surface area contributed by atoms with E-state index in [2.05, 4.69) is 10.2 Å². The molecule has 0 aromatic carbocycles. The minimum atomic E-state index is -3.74. The fourth-order valence-electron chi connectivity index (χ4n) is 5.40. The molecule has 0 bridgehead atoms. The molecule has 0 spiro atoms. The van der Waals surface area contributed by atoms with Crippen LogP contribution in [0.1, 0.15) is 91.5 Å². The molecule has 50 heavy (non-hydrogen) atoms. The van der Waals surface area contributed by atoms with Crippen molar-refractivity contribution in [3.63, 3.8) is 0 Å². The van der Waals surface area contributed by atoms with Crippen molar-refractivity contribution in [2.24, 2.45) is 25.9 Å². The van der Waals surface area contributed by atoms with Crippen LogP contribution in [0.3, 0.4) is 0 Å². The Morgan fingerprint density at radius 2 is 1.20 bits per heavy atom. The molecule has 0 unspecified atom stereocenters. The molecule has 18 heteroatoms. The predicted octanol–water partition coefficient (Wildman–Crippen LogP) is 6.88. The maximum absolute atomic E-state index is 12.7. The zero-order valence-corrected chi connectivity index (χ0v) is 31.6. The zero-order chi connectivity index (χ0) is 37.6. The topological polar surface area (TPSA) is 129 Å². The summed E-state index contributed by atoms with van der Waals surface area (Å²) >= 11 is 1.54. The second-order valence-electron chi connectivity index (χ2n) is 14.6. The minimum absolute atomic E-state index is 0.149. The first-order chi connectivity index (χ1) is 23.0. The third kappa shape index (κ3) is 12.6. The Hall–Kier alpha value is -3.02. The molecule has 4 heterocycles. The van der Waals surface area contributed by atoms with Gasteiger partial charge in [-0.2, -0.15) is 10.2 Å². The first kappa shape index (κ1) is 41.4. The highest BCUT2D eigenvalue weighted by Gasteiger charge is 2.32. The van der Waals surface area contributed by atoms with E-state index in [1.54, 1.807) is 49.4 Å². The van der Waals surface area contributed by atoms with Crippen LogP contribution in [-0.4, -0.2) is 98.9 Å². The predicted molar refractivity (Wildman–Crippen MR) is 180 cm³/mol. The Balaban J connectivity index is 0.000000271. The molecule has 0 saturated carbocycles. The normalized spacial score (nSPS) is 16.8. The average molecular weight is 755 g/mol. The highest BCUT2D eigenvalue weighted by molar-refractivity contribution is 7.99. The molecule has 2 aromatic rings. The fourth-order valence-corrected chi connectivity index (χ4v) is 8.44. The average Bonchev–Trinajstić information content (AvgIpc) is 3.58. The molecule has 284 valence electrons. The van der Waals surface area contributed by atoms with Gasteiger partial charge in [0, 0.05) is 52.1 Å². The zero-order valence-electron chi connectivity index (χ0n) is 30.0. The van der Waals surface area contributed by atoms with Crippen molar-refractivity contribution in [1.29, 1.82) is 0 Å². The summed E-state index contributed by atoms with van der Waals surface area (Å²) in [6.07, 6.45) is -3.22. The number of nitrogens with zero attached hydrogens (tertiary/aromatic N) is 6. The number of likely N-dealkylation sites (tertiary alicyclic amines) is 2. The summed E-state index contributed by atoms with van der Waals surface area (Å²) < 4.78 is 89.0. The van der Waals surface area contributed by atoms with E-state index in [0.717, 1.165) is 34.4 Å². The number of ether oxygens (including phenoxy) is 2. The van der Waals surface area contributed by atoms with Gasteiger partial charge in [0.2, 0.25) is 0 Å². The van der Waals surface area contributed by atoms with E-state index in [0.29, 0.717) is 44.9 Å². The summed E-state index contributed by atoms with van der Waals surface area (Å²) in [4.78, 5) is 27.4. The van der Waals surface area contributed by atoms with Gasteiger partial charge in [0.05, 0.1) is 10.8 Å². The molecule has 2 aliphatic heterocycles. The van der Waals surface area contributed by atoms with E-state index in [-0.39, 0.29) is 28.5 Å². The van der Waals surface area contributed by atoms with E-state index in [1.165, 1.54) is 17.8 Å². The number of alkyl halides is 4. The third-order valence-corrected chi connectivity index (χ3v) is 11.2. The number of carbonyl (C=O) groups excluding carboxylic acids is 2. The molecular weight excluding hydrogens is 705 g/mol. The quantitative estimate of drug-likeness (QED) is 0.209. The van der Waals surface area contributed by atoms with Crippen molar-refractivity contribution in [2.75, 3.05) is 37.7 Å². The SMILES string of the molecule is Cn1nc(C(F)F)cc1S(=O)(=O)CC1CCN(C(=O)OC(C)(C)C)CC1.Cn1nc(C(F)F)cc1SCC1CCN(C(=O)OC(C)(C)C)CC1. The molecule has 0 radical (unpaired) electrons. The van der Waals surface area contributed by atoms with E-state index < -0.39 is 45.7 Å². The molecule has 2 saturated heterocycles. The molecule has 2 aliphatic rings. The van der Waals surface area contributed by atoms with E-state index in [1.807, 2.05) is 20.8 Å². The van der Waals surface area contributed by atoms with Crippen LogP contribution in [0, 0.1) is 11.8 Å². The number of aryl methyl sites for hydroxylation is 2. The Morgan fingerprint density at radius 1 is 0.780 bits per heavy atom. The monoisotopic (exact) mass is 754 g/mol. The van der Waals surface area contributed by atoms with Gasteiger partial charge in [-0.05, 0) is 85.1 Å². The second kappa shape index (κ2) is 17.0. The van der Waals surface area contributed by atoms with Gasteiger partial charge in [-0.15, -0.1) is 11.8 Å². The number of aromatic nitrogens is 4. The highest BCUT2D eigenvalue weighted by atomic mass is 32.2. The van der Waals surface area contributed by atoms with Gasteiger partial charge in [0.25, 0.3) is 12.9 Å². The first-order valence-corrected chi connectivity index (χ1v) is 19.1. The number of carbonyl (C=O) groups is 2. The van der Waals surface area contributed by atoms with Crippen molar-refractivity contribution >= 4 is 33.8 Å². The van der Waals surface area contributed by atoms with Crippen LogP contribution in [-0.2, 0) is 33.4 Å². The lowest BCUT2D eigenvalue weighted by Crippen LogP contribution is -2.42. The lowest BCUT2D eigenvalue weighted by atomic mass is 9.99. The second-order valence-corrected chi connectivity index (χ2v) is 17.6. The van der Waals surface area contributed by atoms with Crippen LogP contribution in [0.2, 0.25) is 0 Å². The molecular formula is C32H50F4N6O6S2. The number of amides is 2. The van der Waals surface area contributed by atoms with Crippen LogP contribution in [0.25, 0.3) is 0 Å². The molecule has 0 aliphatic carbocycles. The van der Waals surface area contributed by atoms with Crippen molar-refractivity contribution in [3.05, 3.63) is 23.5 Å². The van der Waals surface area contributed by atoms with Crippen molar-refractivity contribution in [2.45, 2.75) is 101 Å². The van der Waals surface area contributed by atoms with Crippen LogP contribution < -0.4 is 0 Å². The summed E-state index contributed by atoms with van der Waals surface area (Å²) in [6, 6.07) is 2.38. The van der Waals surface area contributed by atoms with Crippen molar-refractivity contribution in [3.8, 4) is 0 Å². The number of rotatable bonds is 8. The van der Waals surface area contributed by atoms with Crippen LogP contribution in [0.15, 0.2) is 22.2 Å².